The van der Waals surface area contributed by atoms with Crippen LogP contribution in [0.5, 0.6) is 0 Å². The van der Waals surface area contributed by atoms with Crippen LogP contribution in [0.15, 0.2) is 0 Å². The molecule has 1 aliphatic carbocycles. The standard InChI is InChI=1S/C10H14O5/c11-8(5-9(12)13)7-1-2-10(6-7)14-3-4-15-10/h7H,1-6H2,(H,12,13). The maximum atomic E-state index is 11.5. The number of ketones is 1. The molecule has 0 amide bonds. The quantitative estimate of drug-likeness (QED) is 0.695. The molecule has 0 aromatic heterocycles. The first-order chi connectivity index (χ1) is 7.11. The van der Waals surface area contributed by atoms with Gasteiger partial charge in [0.15, 0.2) is 5.79 Å². The molecule has 1 unspecified atom stereocenters. The SMILES string of the molecule is O=C(O)CC(=O)C1CCC2(C1)OCCO2. The first-order valence-electron chi connectivity index (χ1n) is 5.14. The first kappa shape index (κ1) is 10.6. The summed E-state index contributed by atoms with van der Waals surface area (Å²) in [5.74, 6) is -2.06. The minimum Gasteiger partial charge on any atom is -0.481 e. The second kappa shape index (κ2) is 3.90. The molecule has 1 atom stereocenters. The van der Waals surface area contributed by atoms with Crippen molar-refractivity contribution in [2.75, 3.05) is 13.2 Å². The smallest absolute Gasteiger partial charge is 0.310 e. The van der Waals surface area contributed by atoms with Crippen molar-refractivity contribution in [3.05, 3.63) is 0 Å². The van der Waals surface area contributed by atoms with Crippen molar-refractivity contribution in [1.29, 1.82) is 0 Å². The van der Waals surface area contributed by atoms with E-state index in [1.165, 1.54) is 0 Å². The fourth-order valence-corrected chi connectivity index (χ4v) is 2.30. The molecule has 0 bridgehead atoms. The summed E-state index contributed by atoms with van der Waals surface area (Å²) in [4.78, 5) is 21.9. The van der Waals surface area contributed by atoms with Crippen LogP contribution in [0.1, 0.15) is 25.7 Å². The Morgan fingerprint density at radius 2 is 2.00 bits per heavy atom. The number of carbonyl (C=O) groups is 2. The predicted octanol–water partition coefficient (Wildman–Crippen LogP) is 0.573. The highest BCUT2D eigenvalue weighted by atomic mass is 16.7. The summed E-state index contributed by atoms with van der Waals surface area (Å²) >= 11 is 0. The topological polar surface area (TPSA) is 72.8 Å². The summed E-state index contributed by atoms with van der Waals surface area (Å²) in [5, 5.41) is 8.52. The van der Waals surface area contributed by atoms with Gasteiger partial charge in [-0.05, 0) is 6.42 Å². The number of Topliss-reactive ketones (excluding diaryl/α,β-unsaturated/α-hetero) is 1. The van der Waals surface area contributed by atoms with Gasteiger partial charge in [-0.25, -0.2) is 0 Å². The molecule has 0 aromatic carbocycles. The zero-order chi connectivity index (χ0) is 10.9. The van der Waals surface area contributed by atoms with Gasteiger partial charge in [0, 0.05) is 18.8 Å². The van der Waals surface area contributed by atoms with Crippen molar-refractivity contribution in [2.24, 2.45) is 5.92 Å². The molecule has 1 N–H and O–H groups in total. The highest BCUT2D eigenvalue weighted by Crippen LogP contribution is 2.41. The number of aliphatic carboxylic acids is 1. The highest BCUT2D eigenvalue weighted by Gasteiger charge is 2.46. The van der Waals surface area contributed by atoms with E-state index in [4.69, 9.17) is 14.6 Å². The molecule has 2 fully saturated rings. The Labute approximate surface area is 87.4 Å². The largest absolute Gasteiger partial charge is 0.481 e. The lowest BCUT2D eigenvalue weighted by atomic mass is 10.00. The number of hydrogen-bond acceptors (Lipinski definition) is 4. The van der Waals surface area contributed by atoms with E-state index >= 15 is 0 Å². The Bertz CT molecular complexity index is 280. The third-order valence-electron chi connectivity index (χ3n) is 3.03. The van der Waals surface area contributed by atoms with Crippen LogP contribution >= 0.6 is 0 Å². The lowest BCUT2D eigenvalue weighted by Gasteiger charge is -2.21. The molecule has 15 heavy (non-hydrogen) atoms. The van der Waals surface area contributed by atoms with Gasteiger partial charge in [-0.3, -0.25) is 9.59 Å². The summed E-state index contributed by atoms with van der Waals surface area (Å²) in [5.41, 5.74) is 0. The Morgan fingerprint density at radius 1 is 1.33 bits per heavy atom. The maximum absolute atomic E-state index is 11.5. The second-order valence-corrected chi connectivity index (χ2v) is 4.08. The minimum absolute atomic E-state index is 0.209. The van der Waals surface area contributed by atoms with E-state index in [1.54, 1.807) is 0 Å². The van der Waals surface area contributed by atoms with Crippen molar-refractivity contribution in [3.8, 4) is 0 Å². The monoisotopic (exact) mass is 214 g/mol. The number of carbonyl (C=O) groups excluding carboxylic acids is 1. The van der Waals surface area contributed by atoms with Crippen LogP contribution in [-0.2, 0) is 19.1 Å². The average molecular weight is 214 g/mol. The molecule has 2 rings (SSSR count). The predicted molar refractivity (Wildman–Crippen MR) is 49.2 cm³/mol. The molecule has 2 aliphatic rings. The lowest BCUT2D eigenvalue weighted by Crippen LogP contribution is -2.27. The summed E-state index contributed by atoms with van der Waals surface area (Å²) in [6.45, 7) is 1.14. The third kappa shape index (κ3) is 2.18. The molecule has 1 saturated carbocycles. The van der Waals surface area contributed by atoms with Gasteiger partial charge in [0.25, 0.3) is 0 Å². The number of rotatable bonds is 3. The summed E-state index contributed by atoms with van der Waals surface area (Å²) in [7, 11) is 0. The number of carboxylic acid groups (broad SMARTS) is 1. The van der Waals surface area contributed by atoms with Crippen molar-refractivity contribution in [2.45, 2.75) is 31.5 Å². The van der Waals surface area contributed by atoms with Crippen LogP contribution < -0.4 is 0 Å². The molecule has 5 heteroatoms. The number of carboxylic acids is 1. The van der Waals surface area contributed by atoms with Crippen molar-refractivity contribution >= 4 is 11.8 Å². The van der Waals surface area contributed by atoms with Crippen LogP contribution in [0.3, 0.4) is 0 Å². The van der Waals surface area contributed by atoms with Gasteiger partial charge in [-0.2, -0.15) is 0 Å². The normalized spacial score (nSPS) is 28.4. The second-order valence-electron chi connectivity index (χ2n) is 4.08. The van der Waals surface area contributed by atoms with Crippen LogP contribution in [0.2, 0.25) is 0 Å². The number of ether oxygens (including phenoxy) is 2. The molecular formula is C10H14O5. The molecule has 5 nitrogen and oxygen atoms in total. The molecule has 1 saturated heterocycles. The zero-order valence-corrected chi connectivity index (χ0v) is 8.40. The van der Waals surface area contributed by atoms with Gasteiger partial charge in [0.05, 0.1) is 13.2 Å². The molecule has 0 radical (unpaired) electrons. The van der Waals surface area contributed by atoms with Gasteiger partial charge in [0.1, 0.15) is 12.2 Å². The van der Waals surface area contributed by atoms with Crippen LogP contribution in [0.4, 0.5) is 0 Å². The lowest BCUT2D eigenvalue weighted by molar-refractivity contribution is -0.156. The van der Waals surface area contributed by atoms with Crippen molar-refractivity contribution < 1.29 is 24.2 Å². The van der Waals surface area contributed by atoms with E-state index in [2.05, 4.69) is 0 Å². The maximum Gasteiger partial charge on any atom is 0.310 e. The average Bonchev–Trinajstić information content (AvgIpc) is 2.76. The Balaban J connectivity index is 1.91. The molecule has 1 heterocycles. The van der Waals surface area contributed by atoms with E-state index in [-0.39, 0.29) is 18.1 Å². The Kier molecular flexibility index (Phi) is 2.75. The first-order valence-corrected chi connectivity index (χ1v) is 5.14. The molecule has 0 aromatic rings. The number of hydrogen-bond donors (Lipinski definition) is 1. The molecule has 1 aliphatic heterocycles. The molecule has 84 valence electrons. The van der Waals surface area contributed by atoms with Gasteiger partial charge < -0.3 is 14.6 Å². The fourth-order valence-electron chi connectivity index (χ4n) is 2.30. The fraction of sp³-hybridized carbons (Fsp3) is 0.800. The van der Waals surface area contributed by atoms with Crippen molar-refractivity contribution in [3.63, 3.8) is 0 Å². The van der Waals surface area contributed by atoms with E-state index in [0.717, 1.165) is 0 Å². The van der Waals surface area contributed by atoms with Gasteiger partial charge in [0.2, 0.25) is 0 Å². The van der Waals surface area contributed by atoms with Crippen LogP contribution in [0.25, 0.3) is 0 Å². The van der Waals surface area contributed by atoms with E-state index in [9.17, 15) is 9.59 Å². The highest BCUT2D eigenvalue weighted by molar-refractivity contribution is 5.96. The van der Waals surface area contributed by atoms with Gasteiger partial charge in [-0.15, -0.1) is 0 Å². The molecule has 1 spiro atoms. The van der Waals surface area contributed by atoms with E-state index in [1.807, 2.05) is 0 Å². The van der Waals surface area contributed by atoms with E-state index < -0.39 is 11.8 Å². The summed E-state index contributed by atoms with van der Waals surface area (Å²) in [6, 6.07) is 0. The minimum atomic E-state index is -1.06. The van der Waals surface area contributed by atoms with E-state index in [0.29, 0.717) is 32.5 Å². The van der Waals surface area contributed by atoms with Crippen LogP contribution in [0, 0.1) is 5.92 Å². The van der Waals surface area contributed by atoms with Gasteiger partial charge in [-0.1, -0.05) is 0 Å². The Morgan fingerprint density at radius 3 is 2.60 bits per heavy atom. The van der Waals surface area contributed by atoms with Crippen LogP contribution in [-0.4, -0.2) is 35.9 Å². The summed E-state index contributed by atoms with van der Waals surface area (Å²) < 4.78 is 10.9. The molecular weight excluding hydrogens is 200 g/mol. The summed E-state index contributed by atoms with van der Waals surface area (Å²) in [6.07, 6.45) is 1.50. The van der Waals surface area contributed by atoms with Gasteiger partial charge >= 0.3 is 5.97 Å². The zero-order valence-electron chi connectivity index (χ0n) is 8.40. The van der Waals surface area contributed by atoms with Crippen molar-refractivity contribution in [1.82, 2.24) is 0 Å². The third-order valence-corrected chi connectivity index (χ3v) is 3.03. The Hall–Kier alpha value is -0.940.